The molecule has 200 valence electrons. The van der Waals surface area contributed by atoms with Gasteiger partial charge in [-0.05, 0) is 97.1 Å². The summed E-state index contributed by atoms with van der Waals surface area (Å²) in [5.41, 5.74) is 0.443. The molecule has 0 spiro atoms. The molecule has 4 aromatic rings. The van der Waals surface area contributed by atoms with E-state index >= 15 is 0 Å². The average Bonchev–Trinajstić information content (AvgIpc) is 2.90. The summed E-state index contributed by atoms with van der Waals surface area (Å²) >= 11 is 0. The van der Waals surface area contributed by atoms with Crippen LogP contribution in [0.3, 0.4) is 0 Å². The van der Waals surface area contributed by atoms with Crippen LogP contribution in [-0.2, 0) is 20.0 Å². The number of hydrogen-bond acceptors (Lipinski definition) is 7. The van der Waals surface area contributed by atoms with Gasteiger partial charge in [-0.1, -0.05) is 0 Å². The molecule has 0 unspecified atom stereocenters. The maximum atomic E-state index is 12.6. The lowest BCUT2D eigenvalue weighted by Crippen LogP contribution is -2.13. The van der Waals surface area contributed by atoms with E-state index in [4.69, 9.17) is 14.9 Å². The topological polar surface area (TPSA) is 176 Å². The summed E-state index contributed by atoms with van der Waals surface area (Å²) in [4.78, 5) is 21.7. The normalized spacial score (nSPS) is 11.4. The van der Waals surface area contributed by atoms with Crippen molar-refractivity contribution in [2.45, 2.75) is 9.79 Å². The Balaban J connectivity index is 1.38. The van der Waals surface area contributed by atoms with E-state index in [-0.39, 0.29) is 32.3 Å². The second-order valence-corrected chi connectivity index (χ2v) is 11.4. The van der Waals surface area contributed by atoms with Gasteiger partial charge in [0.05, 0.1) is 20.9 Å². The van der Waals surface area contributed by atoms with Crippen LogP contribution in [0.1, 0.15) is 20.7 Å². The molecule has 0 aromatic heterocycles. The highest BCUT2D eigenvalue weighted by molar-refractivity contribution is 7.93. The molecular weight excluding hydrogens is 548 g/mol. The Morgan fingerprint density at radius 3 is 1.10 bits per heavy atom. The van der Waals surface area contributed by atoms with Gasteiger partial charge in [-0.3, -0.25) is 9.44 Å². The van der Waals surface area contributed by atoms with E-state index in [1.54, 1.807) is 0 Å². The van der Waals surface area contributed by atoms with Crippen molar-refractivity contribution in [3.8, 4) is 11.5 Å². The van der Waals surface area contributed by atoms with Gasteiger partial charge < -0.3 is 14.9 Å². The Labute approximate surface area is 223 Å². The number of hydrogen-bond donors (Lipinski definition) is 4. The maximum absolute atomic E-state index is 12.6. The van der Waals surface area contributed by atoms with Crippen LogP contribution in [0.5, 0.6) is 11.5 Å². The number of carbonyl (C=O) groups is 2. The second kappa shape index (κ2) is 10.8. The van der Waals surface area contributed by atoms with Gasteiger partial charge in [0, 0.05) is 11.4 Å². The van der Waals surface area contributed by atoms with Crippen LogP contribution in [0.15, 0.2) is 107 Å². The molecule has 11 nitrogen and oxygen atoms in total. The number of carboxylic acids is 2. The van der Waals surface area contributed by atoms with Crippen LogP contribution in [0.2, 0.25) is 0 Å². The smallest absolute Gasteiger partial charge is 0.335 e. The molecule has 0 radical (unpaired) electrons. The van der Waals surface area contributed by atoms with E-state index in [2.05, 4.69) is 9.44 Å². The fraction of sp³-hybridized carbons (Fsp3) is 0. The third-order valence-electron chi connectivity index (χ3n) is 5.27. The lowest BCUT2D eigenvalue weighted by atomic mass is 10.2. The van der Waals surface area contributed by atoms with Gasteiger partial charge in [0.25, 0.3) is 20.0 Å². The van der Waals surface area contributed by atoms with Crippen LogP contribution in [-0.4, -0.2) is 39.0 Å². The minimum atomic E-state index is -3.94. The molecule has 0 saturated heterocycles. The molecule has 0 bridgehead atoms. The summed E-state index contributed by atoms with van der Waals surface area (Å²) in [5.74, 6) is -1.56. The Morgan fingerprint density at radius 2 is 0.821 bits per heavy atom. The standard InChI is InChI=1S/C26H20N2O9S2/c29-25(30)17-1-13-23(14-2-17)38(33,34)27-19-5-9-21(10-6-19)37-22-11-7-20(8-12-22)28-39(35,36)24-15-3-18(4-16-24)26(31)32/h1-16,27-28H,(H,29,30)(H,31,32). The SMILES string of the molecule is O=C(O)c1ccc(S(=O)(=O)Nc2ccc(Oc3ccc(NS(=O)(=O)c4ccc(C(=O)O)cc4)cc3)cc2)cc1. The summed E-state index contributed by atoms with van der Waals surface area (Å²) in [6.45, 7) is 0. The first-order chi connectivity index (χ1) is 18.4. The van der Waals surface area contributed by atoms with Gasteiger partial charge >= 0.3 is 11.9 Å². The molecule has 13 heteroatoms. The van der Waals surface area contributed by atoms with Crippen molar-refractivity contribution >= 4 is 43.4 Å². The molecular formula is C26H20N2O9S2. The Bertz CT molecular complexity index is 1590. The number of rotatable bonds is 10. The molecule has 0 saturated carbocycles. The molecule has 0 aliphatic heterocycles. The van der Waals surface area contributed by atoms with E-state index < -0.39 is 32.0 Å². The maximum Gasteiger partial charge on any atom is 0.335 e. The molecule has 39 heavy (non-hydrogen) atoms. The fourth-order valence-electron chi connectivity index (χ4n) is 3.30. The highest BCUT2D eigenvalue weighted by atomic mass is 32.2. The number of aromatic carboxylic acids is 2. The molecule has 4 rings (SSSR count). The molecule has 0 aliphatic carbocycles. The predicted octanol–water partition coefficient (Wildman–Crippen LogP) is 4.48. The summed E-state index contributed by atoms with van der Waals surface area (Å²) in [6, 6.07) is 21.6. The van der Waals surface area contributed by atoms with E-state index in [1.807, 2.05) is 0 Å². The van der Waals surface area contributed by atoms with Gasteiger partial charge in [-0.25, -0.2) is 26.4 Å². The average molecular weight is 569 g/mol. The molecule has 0 heterocycles. The Kier molecular flexibility index (Phi) is 7.56. The zero-order valence-electron chi connectivity index (χ0n) is 19.8. The first-order valence-corrected chi connectivity index (χ1v) is 14.0. The monoisotopic (exact) mass is 568 g/mol. The van der Waals surface area contributed by atoms with E-state index in [0.717, 1.165) is 0 Å². The van der Waals surface area contributed by atoms with Gasteiger partial charge in [0.2, 0.25) is 0 Å². The number of sulfonamides is 2. The van der Waals surface area contributed by atoms with Gasteiger partial charge in [0.1, 0.15) is 11.5 Å². The number of anilines is 2. The van der Waals surface area contributed by atoms with Crippen LogP contribution in [0, 0.1) is 0 Å². The zero-order valence-corrected chi connectivity index (χ0v) is 21.4. The minimum Gasteiger partial charge on any atom is -0.478 e. The van der Waals surface area contributed by atoms with E-state index in [9.17, 15) is 26.4 Å². The first-order valence-electron chi connectivity index (χ1n) is 11.0. The van der Waals surface area contributed by atoms with Gasteiger partial charge in [-0.15, -0.1) is 0 Å². The van der Waals surface area contributed by atoms with Gasteiger partial charge in [-0.2, -0.15) is 0 Å². The molecule has 0 amide bonds. The van der Waals surface area contributed by atoms with Crippen molar-refractivity contribution in [1.29, 1.82) is 0 Å². The Hall–Kier alpha value is -4.88. The number of benzene rings is 4. The largest absolute Gasteiger partial charge is 0.478 e. The van der Waals surface area contributed by atoms with Crippen LogP contribution in [0.25, 0.3) is 0 Å². The van der Waals surface area contributed by atoms with Gasteiger partial charge in [0.15, 0.2) is 0 Å². The number of nitrogens with one attached hydrogen (secondary N) is 2. The van der Waals surface area contributed by atoms with Crippen molar-refractivity contribution in [3.63, 3.8) is 0 Å². The van der Waals surface area contributed by atoms with Crippen LogP contribution in [0.4, 0.5) is 11.4 Å². The fourth-order valence-corrected chi connectivity index (χ4v) is 5.42. The highest BCUT2D eigenvalue weighted by Crippen LogP contribution is 2.26. The third-order valence-corrected chi connectivity index (χ3v) is 8.07. The zero-order chi connectivity index (χ0) is 28.2. The molecule has 0 atom stereocenters. The quantitative estimate of drug-likeness (QED) is 0.215. The molecule has 4 aromatic carbocycles. The minimum absolute atomic E-state index is 0.0341. The number of carboxylic acid groups (broad SMARTS) is 2. The summed E-state index contributed by atoms with van der Waals surface area (Å²) in [7, 11) is -7.88. The van der Waals surface area contributed by atoms with Crippen molar-refractivity contribution in [1.82, 2.24) is 0 Å². The lowest BCUT2D eigenvalue weighted by molar-refractivity contribution is 0.0686. The summed E-state index contributed by atoms with van der Waals surface area (Å²) in [6.07, 6.45) is 0. The van der Waals surface area contributed by atoms with Crippen LogP contribution < -0.4 is 14.2 Å². The highest BCUT2D eigenvalue weighted by Gasteiger charge is 2.16. The van der Waals surface area contributed by atoms with E-state index in [1.165, 1.54) is 97.1 Å². The second-order valence-electron chi connectivity index (χ2n) is 8.02. The lowest BCUT2D eigenvalue weighted by Gasteiger charge is -2.11. The van der Waals surface area contributed by atoms with E-state index in [0.29, 0.717) is 11.5 Å². The van der Waals surface area contributed by atoms with Crippen LogP contribution >= 0.6 is 0 Å². The Morgan fingerprint density at radius 1 is 0.513 bits per heavy atom. The molecule has 4 N–H and O–H groups in total. The summed E-state index contributed by atoms with van der Waals surface area (Å²) in [5, 5.41) is 17.9. The molecule has 0 aliphatic rings. The number of ether oxygens (including phenoxy) is 1. The van der Waals surface area contributed by atoms with Crippen molar-refractivity contribution in [2.24, 2.45) is 0 Å². The molecule has 0 fully saturated rings. The van der Waals surface area contributed by atoms with Crippen molar-refractivity contribution < 1.29 is 41.4 Å². The third kappa shape index (κ3) is 6.71. The summed E-state index contributed by atoms with van der Waals surface area (Å²) < 4.78 is 60.8. The van der Waals surface area contributed by atoms with Crippen molar-refractivity contribution in [2.75, 3.05) is 9.44 Å². The predicted molar refractivity (Wildman–Crippen MR) is 141 cm³/mol. The van der Waals surface area contributed by atoms with Crippen molar-refractivity contribution in [3.05, 3.63) is 108 Å². The first kappa shape index (κ1) is 27.2.